The lowest BCUT2D eigenvalue weighted by molar-refractivity contribution is 0.163. The highest BCUT2D eigenvalue weighted by atomic mass is 35.5. The van der Waals surface area contributed by atoms with Crippen LogP contribution in [0.5, 0.6) is 0 Å². The Labute approximate surface area is 122 Å². The zero-order valence-corrected chi connectivity index (χ0v) is 12.2. The maximum Gasteiger partial charge on any atom is 0.203 e. The molecular formula is C14H17ClFN3O. The van der Waals surface area contributed by atoms with Gasteiger partial charge in [0.25, 0.3) is 0 Å². The summed E-state index contributed by atoms with van der Waals surface area (Å²) in [6.07, 6.45) is 3.62. The van der Waals surface area contributed by atoms with Crippen LogP contribution in [0.2, 0.25) is 5.02 Å². The zero-order valence-electron chi connectivity index (χ0n) is 11.4. The van der Waals surface area contributed by atoms with Crippen molar-refractivity contribution in [3.8, 4) is 0 Å². The molecule has 1 atom stereocenters. The molecule has 0 spiro atoms. The van der Waals surface area contributed by atoms with Crippen molar-refractivity contribution in [3.63, 3.8) is 0 Å². The average molecular weight is 298 g/mol. The van der Waals surface area contributed by atoms with Gasteiger partial charge in [-0.3, -0.25) is 0 Å². The molecule has 20 heavy (non-hydrogen) atoms. The Balaban J connectivity index is 2.04. The van der Waals surface area contributed by atoms with Gasteiger partial charge in [0.05, 0.1) is 17.7 Å². The summed E-state index contributed by atoms with van der Waals surface area (Å²) in [5.74, 6) is 0.334. The summed E-state index contributed by atoms with van der Waals surface area (Å²) in [7, 11) is 1.67. The number of nitrogens with zero attached hydrogens (tertiary/aromatic N) is 2. The minimum Gasteiger partial charge on any atom is -0.383 e. The van der Waals surface area contributed by atoms with Gasteiger partial charge in [0, 0.05) is 26.0 Å². The van der Waals surface area contributed by atoms with Gasteiger partial charge < -0.3 is 14.6 Å². The van der Waals surface area contributed by atoms with E-state index in [0.29, 0.717) is 13.2 Å². The Hall–Kier alpha value is -1.59. The Morgan fingerprint density at radius 3 is 3.00 bits per heavy atom. The molecule has 0 bridgehead atoms. The molecule has 2 rings (SSSR count). The van der Waals surface area contributed by atoms with Crippen molar-refractivity contribution < 1.29 is 9.13 Å². The monoisotopic (exact) mass is 297 g/mol. The molecule has 2 aromatic rings. The van der Waals surface area contributed by atoms with Crippen molar-refractivity contribution in [1.82, 2.24) is 9.55 Å². The van der Waals surface area contributed by atoms with E-state index >= 15 is 0 Å². The quantitative estimate of drug-likeness (QED) is 0.887. The number of aromatic nitrogens is 2. The highest BCUT2D eigenvalue weighted by Crippen LogP contribution is 2.18. The number of hydrogen-bond donors (Lipinski definition) is 1. The number of methoxy groups -OCH3 is 1. The predicted octanol–water partition coefficient (Wildman–Crippen LogP) is 3.50. The fraction of sp³-hybridized carbons (Fsp3) is 0.357. The summed E-state index contributed by atoms with van der Waals surface area (Å²) in [5, 5.41) is 3.34. The topological polar surface area (TPSA) is 39.1 Å². The first-order valence-corrected chi connectivity index (χ1v) is 6.69. The highest BCUT2D eigenvalue weighted by molar-refractivity contribution is 6.30. The van der Waals surface area contributed by atoms with E-state index in [1.807, 2.05) is 17.7 Å². The summed E-state index contributed by atoms with van der Waals surface area (Å²) in [5.41, 5.74) is 0.894. The van der Waals surface area contributed by atoms with E-state index in [1.165, 1.54) is 6.07 Å². The Kier molecular flexibility index (Phi) is 4.98. The number of ether oxygens (including phenoxy) is 1. The molecule has 1 aromatic heterocycles. The van der Waals surface area contributed by atoms with Crippen molar-refractivity contribution in [2.45, 2.75) is 19.5 Å². The minimum atomic E-state index is -0.411. The van der Waals surface area contributed by atoms with E-state index in [0.717, 1.165) is 11.5 Å². The van der Waals surface area contributed by atoms with Crippen LogP contribution in [0.15, 0.2) is 30.6 Å². The number of halogens is 2. The van der Waals surface area contributed by atoms with Gasteiger partial charge in [-0.05, 0) is 24.6 Å². The van der Waals surface area contributed by atoms with Crippen molar-refractivity contribution >= 4 is 17.5 Å². The average Bonchev–Trinajstić information content (AvgIpc) is 2.89. The molecule has 0 saturated heterocycles. The second-order valence-corrected chi connectivity index (χ2v) is 4.97. The van der Waals surface area contributed by atoms with Gasteiger partial charge in [-0.25, -0.2) is 9.37 Å². The summed E-state index contributed by atoms with van der Waals surface area (Å²) < 4.78 is 20.2. The van der Waals surface area contributed by atoms with E-state index in [-0.39, 0.29) is 11.1 Å². The first-order valence-electron chi connectivity index (χ1n) is 6.31. The normalized spacial score (nSPS) is 12.4. The second kappa shape index (κ2) is 6.72. The lowest BCUT2D eigenvalue weighted by atomic mass is 10.2. The molecule has 1 aromatic carbocycles. The smallest absolute Gasteiger partial charge is 0.203 e. The van der Waals surface area contributed by atoms with Gasteiger partial charge in [-0.15, -0.1) is 0 Å². The third kappa shape index (κ3) is 3.49. The summed E-state index contributed by atoms with van der Waals surface area (Å²) >= 11 is 5.76. The SMILES string of the molecule is COCC(C)n1ccnc1NCc1ccc(F)c(Cl)c1. The van der Waals surface area contributed by atoms with Gasteiger partial charge in [0.1, 0.15) is 5.82 Å². The molecule has 4 nitrogen and oxygen atoms in total. The third-order valence-electron chi connectivity index (χ3n) is 2.99. The second-order valence-electron chi connectivity index (χ2n) is 4.56. The number of rotatable bonds is 6. The molecule has 0 saturated carbocycles. The van der Waals surface area contributed by atoms with Crippen LogP contribution in [-0.4, -0.2) is 23.3 Å². The first-order chi connectivity index (χ1) is 9.61. The van der Waals surface area contributed by atoms with Crippen LogP contribution in [0.3, 0.4) is 0 Å². The molecule has 6 heteroatoms. The van der Waals surface area contributed by atoms with Gasteiger partial charge in [-0.1, -0.05) is 17.7 Å². The van der Waals surface area contributed by atoms with E-state index in [9.17, 15) is 4.39 Å². The maximum atomic E-state index is 13.1. The van der Waals surface area contributed by atoms with Crippen molar-refractivity contribution in [2.24, 2.45) is 0 Å². The Bertz CT molecular complexity index is 573. The first kappa shape index (κ1) is 14.8. The molecule has 0 amide bonds. The highest BCUT2D eigenvalue weighted by Gasteiger charge is 2.09. The van der Waals surface area contributed by atoms with E-state index in [4.69, 9.17) is 16.3 Å². The van der Waals surface area contributed by atoms with Gasteiger partial charge in [0.15, 0.2) is 0 Å². The van der Waals surface area contributed by atoms with Gasteiger partial charge in [0.2, 0.25) is 5.95 Å². The number of benzene rings is 1. The van der Waals surface area contributed by atoms with Crippen LogP contribution < -0.4 is 5.32 Å². The summed E-state index contributed by atoms with van der Waals surface area (Å²) in [4.78, 5) is 4.26. The third-order valence-corrected chi connectivity index (χ3v) is 3.28. The molecule has 108 valence electrons. The fourth-order valence-corrected chi connectivity index (χ4v) is 2.16. The van der Waals surface area contributed by atoms with Crippen LogP contribution in [0.4, 0.5) is 10.3 Å². The molecule has 1 heterocycles. The molecule has 1 N–H and O–H groups in total. The number of imidazole rings is 1. The maximum absolute atomic E-state index is 13.1. The standard InChI is InChI=1S/C14H17ClFN3O/c1-10(9-20-2)19-6-5-17-14(19)18-8-11-3-4-13(16)12(15)7-11/h3-7,10H,8-9H2,1-2H3,(H,17,18). The molecule has 1 unspecified atom stereocenters. The molecule has 0 fully saturated rings. The summed E-state index contributed by atoms with van der Waals surface area (Å²) in [6, 6.07) is 4.84. The number of nitrogens with one attached hydrogen (secondary N) is 1. The van der Waals surface area contributed by atoms with E-state index in [1.54, 1.807) is 25.4 Å². The van der Waals surface area contributed by atoms with Crippen molar-refractivity contribution in [2.75, 3.05) is 19.0 Å². The largest absolute Gasteiger partial charge is 0.383 e. The molecular weight excluding hydrogens is 281 g/mol. The van der Waals surface area contributed by atoms with Crippen molar-refractivity contribution in [3.05, 3.63) is 47.0 Å². The van der Waals surface area contributed by atoms with E-state index in [2.05, 4.69) is 10.3 Å². The van der Waals surface area contributed by atoms with Crippen LogP contribution in [0, 0.1) is 5.82 Å². The van der Waals surface area contributed by atoms with Crippen LogP contribution >= 0.6 is 11.6 Å². The number of anilines is 1. The Morgan fingerprint density at radius 1 is 1.50 bits per heavy atom. The Morgan fingerprint density at radius 2 is 2.30 bits per heavy atom. The number of hydrogen-bond acceptors (Lipinski definition) is 3. The molecule has 0 aliphatic heterocycles. The molecule has 0 aliphatic rings. The zero-order chi connectivity index (χ0) is 14.5. The van der Waals surface area contributed by atoms with Gasteiger partial charge in [-0.2, -0.15) is 0 Å². The van der Waals surface area contributed by atoms with Crippen LogP contribution in [-0.2, 0) is 11.3 Å². The van der Waals surface area contributed by atoms with Crippen LogP contribution in [0.1, 0.15) is 18.5 Å². The lowest BCUT2D eigenvalue weighted by Gasteiger charge is -2.16. The molecule has 0 radical (unpaired) electrons. The fourth-order valence-electron chi connectivity index (χ4n) is 1.96. The van der Waals surface area contributed by atoms with E-state index < -0.39 is 5.82 Å². The summed E-state index contributed by atoms with van der Waals surface area (Å²) in [6.45, 7) is 3.18. The minimum absolute atomic E-state index is 0.125. The molecule has 0 aliphatic carbocycles. The predicted molar refractivity (Wildman–Crippen MR) is 77.6 cm³/mol. The lowest BCUT2D eigenvalue weighted by Crippen LogP contribution is -2.14. The van der Waals surface area contributed by atoms with Crippen LogP contribution in [0.25, 0.3) is 0 Å². The van der Waals surface area contributed by atoms with Crippen molar-refractivity contribution in [1.29, 1.82) is 0 Å². The van der Waals surface area contributed by atoms with Gasteiger partial charge >= 0.3 is 0 Å².